The van der Waals surface area contributed by atoms with Gasteiger partial charge in [0.2, 0.25) is 0 Å². The molecule has 1 fully saturated rings. The number of nitrogens with zero attached hydrogens (tertiary/aromatic N) is 4. The highest BCUT2D eigenvalue weighted by Crippen LogP contribution is 2.24. The standard InChI is InChI=1S/C21H22N4O3/c1-14-13-17(18-15(2)23-28-19(18)22-14)21(27)25-10-6-9-24(11-12-25)20(26)16-7-4-3-5-8-16/h3-5,7-8,13H,6,9-12H2,1-2H3. The van der Waals surface area contributed by atoms with Crippen LogP contribution in [0.25, 0.3) is 11.1 Å². The number of aryl methyl sites for hydroxylation is 2. The van der Waals surface area contributed by atoms with Crippen LogP contribution in [0, 0.1) is 13.8 Å². The van der Waals surface area contributed by atoms with Crippen LogP contribution in [0.15, 0.2) is 40.9 Å². The molecule has 2 amide bonds. The lowest BCUT2D eigenvalue weighted by atomic mass is 10.1. The highest BCUT2D eigenvalue weighted by atomic mass is 16.5. The van der Waals surface area contributed by atoms with E-state index in [1.165, 1.54) is 0 Å². The normalized spacial score (nSPS) is 14.9. The van der Waals surface area contributed by atoms with Crippen LogP contribution in [0.4, 0.5) is 0 Å². The number of rotatable bonds is 2. The Balaban J connectivity index is 1.54. The Labute approximate surface area is 162 Å². The van der Waals surface area contributed by atoms with E-state index in [1.54, 1.807) is 11.0 Å². The van der Waals surface area contributed by atoms with Crippen molar-refractivity contribution in [2.24, 2.45) is 0 Å². The Kier molecular flexibility index (Phi) is 4.81. The number of carbonyl (C=O) groups excluding carboxylic acids is 2. The van der Waals surface area contributed by atoms with E-state index in [-0.39, 0.29) is 11.8 Å². The third kappa shape index (κ3) is 3.35. The van der Waals surface area contributed by atoms with Crippen molar-refractivity contribution in [1.82, 2.24) is 19.9 Å². The monoisotopic (exact) mass is 378 g/mol. The summed E-state index contributed by atoms with van der Waals surface area (Å²) in [4.78, 5) is 33.9. The maximum Gasteiger partial charge on any atom is 0.258 e. The first-order chi connectivity index (χ1) is 13.5. The van der Waals surface area contributed by atoms with Crippen molar-refractivity contribution in [3.05, 3.63) is 58.9 Å². The van der Waals surface area contributed by atoms with Gasteiger partial charge in [0.15, 0.2) is 0 Å². The third-order valence-electron chi connectivity index (χ3n) is 5.07. The van der Waals surface area contributed by atoms with Gasteiger partial charge in [0.05, 0.1) is 16.6 Å². The molecule has 0 aliphatic carbocycles. The van der Waals surface area contributed by atoms with Crippen LogP contribution in [-0.4, -0.2) is 57.9 Å². The van der Waals surface area contributed by atoms with Gasteiger partial charge in [-0.3, -0.25) is 9.59 Å². The highest BCUT2D eigenvalue weighted by molar-refractivity contribution is 6.06. The Morgan fingerprint density at radius 3 is 2.36 bits per heavy atom. The molecule has 144 valence electrons. The predicted molar refractivity (Wildman–Crippen MR) is 104 cm³/mol. The van der Waals surface area contributed by atoms with Crippen molar-refractivity contribution < 1.29 is 14.1 Å². The first-order valence-electron chi connectivity index (χ1n) is 9.42. The van der Waals surface area contributed by atoms with Gasteiger partial charge >= 0.3 is 0 Å². The van der Waals surface area contributed by atoms with Crippen LogP contribution in [0.3, 0.4) is 0 Å². The number of amides is 2. The van der Waals surface area contributed by atoms with Crippen molar-refractivity contribution in [1.29, 1.82) is 0 Å². The summed E-state index contributed by atoms with van der Waals surface area (Å²) in [5.74, 6) is -0.0669. The van der Waals surface area contributed by atoms with Crippen LogP contribution >= 0.6 is 0 Å². The second-order valence-corrected chi connectivity index (χ2v) is 7.06. The summed E-state index contributed by atoms with van der Waals surface area (Å²) >= 11 is 0. The predicted octanol–water partition coefficient (Wildman–Crippen LogP) is 2.83. The van der Waals surface area contributed by atoms with Gasteiger partial charge in [0.1, 0.15) is 0 Å². The minimum atomic E-state index is -0.0733. The Bertz CT molecular complexity index is 1030. The molecule has 3 heterocycles. The van der Waals surface area contributed by atoms with Gasteiger partial charge < -0.3 is 14.3 Å². The fourth-order valence-corrected chi connectivity index (χ4v) is 3.64. The molecule has 1 aromatic carbocycles. The van der Waals surface area contributed by atoms with Crippen LogP contribution in [-0.2, 0) is 0 Å². The first kappa shape index (κ1) is 18.2. The zero-order valence-electron chi connectivity index (χ0n) is 16.0. The zero-order chi connectivity index (χ0) is 19.7. The molecule has 0 spiro atoms. The number of pyridine rings is 1. The molecule has 4 rings (SSSR count). The highest BCUT2D eigenvalue weighted by Gasteiger charge is 2.26. The second kappa shape index (κ2) is 7.42. The Morgan fingerprint density at radius 1 is 0.964 bits per heavy atom. The molecule has 0 bridgehead atoms. The van der Waals surface area contributed by atoms with E-state index >= 15 is 0 Å². The number of hydrogen-bond acceptors (Lipinski definition) is 5. The van der Waals surface area contributed by atoms with Gasteiger partial charge in [-0.15, -0.1) is 0 Å². The molecule has 0 saturated carbocycles. The molecule has 0 radical (unpaired) electrons. The summed E-state index contributed by atoms with van der Waals surface area (Å²) in [6, 6.07) is 11.0. The minimum absolute atomic E-state index is 0.00641. The van der Waals surface area contributed by atoms with Gasteiger partial charge in [0, 0.05) is 37.4 Å². The molecule has 1 saturated heterocycles. The van der Waals surface area contributed by atoms with Crippen LogP contribution < -0.4 is 0 Å². The van der Waals surface area contributed by atoms with E-state index in [1.807, 2.05) is 49.1 Å². The second-order valence-electron chi connectivity index (χ2n) is 7.06. The van der Waals surface area contributed by atoms with Gasteiger partial charge in [-0.1, -0.05) is 23.4 Å². The molecule has 0 N–H and O–H groups in total. The van der Waals surface area contributed by atoms with Gasteiger partial charge in [0.25, 0.3) is 17.5 Å². The summed E-state index contributed by atoms with van der Waals surface area (Å²) in [7, 11) is 0. The average molecular weight is 378 g/mol. The van der Waals surface area contributed by atoms with E-state index in [0.29, 0.717) is 59.8 Å². The van der Waals surface area contributed by atoms with Crippen molar-refractivity contribution in [2.75, 3.05) is 26.2 Å². The van der Waals surface area contributed by atoms with Crippen LogP contribution in [0.1, 0.15) is 38.5 Å². The van der Waals surface area contributed by atoms with E-state index in [0.717, 1.165) is 6.42 Å². The van der Waals surface area contributed by atoms with Crippen molar-refractivity contribution in [3.8, 4) is 0 Å². The van der Waals surface area contributed by atoms with E-state index in [4.69, 9.17) is 4.52 Å². The molecule has 3 aromatic rings. The lowest BCUT2D eigenvalue weighted by molar-refractivity contribution is 0.0719. The maximum atomic E-state index is 13.2. The smallest absolute Gasteiger partial charge is 0.258 e. The summed E-state index contributed by atoms with van der Waals surface area (Å²) in [5, 5.41) is 4.62. The lowest BCUT2D eigenvalue weighted by Crippen LogP contribution is -2.37. The quantitative estimate of drug-likeness (QED) is 0.685. The topological polar surface area (TPSA) is 79.5 Å². The number of carbonyl (C=O) groups is 2. The molecule has 0 unspecified atom stereocenters. The summed E-state index contributed by atoms with van der Waals surface area (Å²) in [6.45, 7) is 5.87. The SMILES string of the molecule is Cc1cc(C(=O)N2CCCN(C(=O)c3ccccc3)CC2)c2c(C)noc2n1. The van der Waals surface area contributed by atoms with Gasteiger partial charge in [-0.05, 0) is 38.5 Å². The lowest BCUT2D eigenvalue weighted by Gasteiger charge is -2.22. The average Bonchev–Trinajstić information content (AvgIpc) is 2.93. The van der Waals surface area contributed by atoms with E-state index in [2.05, 4.69) is 10.1 Å². The third-order valence-corrected chi connectivity index (χ3v) is 5.07. The molecule has 7 nitrogen and oxygen atoms in total. The van der Waals surface area contributed by atoms with Gasteiger partial charge in [-0.2, -0.15) is 0 Å². The maximum absolute atomic E-state index is 13.2. The Morgan fingerprint density at radius 2 is 1.64 bits per heavy atom. The van der Waals surface area contributed by atoms with Crippen LogP contribution in [0.2, 0.25) is 0 Å². The van der Waals surface area contributed by atoms with Gasteiger partial charge in [-0.25, -0.2) is 4.98 Å². The number of hydrogen-bond donors (Lipinski definition) is 0. The summed E-state index contributed by atoms with van der Waals surface area (Å²) < 4.78 is 5.25. The molecular weight excluding hydrogens is 356 g/mol. The minimum Gasteiger partial charge on any atom is -0.337 e. The van der Waals surface area contributed by atoms with Crippen molar-refractivity contribution in [3.63, 3.8) is 0 Å². The fourth-order valence-electron chi connectivity index (χ4n) is 3.64. The summed E-state index contributed by atoms with van der Waals surface area (Å²) in [5.41, 5.74) is 2.98. The molecule has 1 aliphatic heterocycles. The molecular formula is C21H22N4O3. The van der Waals surface area contributed by atoms with Crippen molar-refractivity contribution >= 4 is 22.9 Å². The Hall–Kier alpha value is -3.22. The fraction of sp³-hybridized carbons (Fsp3) is 0.333. The molecule has 1 aliphatic rings. The number of benzene rings is 1. The first-order valence-corrected chi connectivity index (χ1v) is 9.42. The zero-order valence-corrected chi connectivity index (χ0v) is 16.0. The molecule has 28 heavy (non-hydrogen) atoms. The summed E-state index contributed by atoms with van der Waals surface area (Å²) in [6.07, 6.45) is 0.736. The molecule has 2 aromatic heterocycles. The van der Waals surface area contributed by atoms with E-state index < -0.39 is 0 Å². The number of aromatic nitrogens is 2. The van der Waals surface area contributed by atoms with Crippen LogP contribution in [0.5, 0.6) is 0 Å². The van der Waals surface area contributed by atoms with E-state index in [9.17, 15) is 9.59 Å². The molecule has 7 heteroatoms. The largest absolute Gasteiger partial charge is 0.337 e. The number of fused-ring (bicyclic) bond motifs is 1. The molecule has 0 atom stereocenters. The van der Waals surface area contributed by atoms with Crippen molar-refractivity contribution in [2.45, 2.75) is 20.3 Å².